The number of nitrogens with zero attached hydrogens (tertiary/aromatic N) is 1. The molecule has 0 bridgehead atoms. The molecule has 146 valence electrons. The molecule has 26 heavy (non-hydrogen) atoms. The Morgan fingerprint density at radius 2 is 1.88 bits per heavy atom. The third-order valence-electron chi connectivity index (χ3n) is 3.41. The highest BCUT2D eigenvalue weighted by Crippen LogP contribution is 2.03. The molecule has 0 aliphatic carbocycles. The summed E-state index contributed by atoms with van der Waals surface area (Å²) in [6, 6.07) is 10.1. The second-order valence-electron chi connectivity index (χ2n) is 6.54. The Labute approximate surface area is 157 Å². The first-order valence-corrected chi connectivity index (χ1v) is 9.34. The van der Waals surface area contributed by atoms with Crippen molar-refractivity contribution in [3.8, 4) is 0 Å². The lowest BCUT2D eigenvalue weighted by atomic mass is 10.2. The fourth-order valence-electron chi connectivity index (χ4n) is 2.20. The molecule has 2 N–H and O–H groups in total. The molecule has 0 heterocycles. The summed E-state index contributed by atoms with van der Waals surface area (Å²) in [7, 11) is 0. The molecule has 6 nitrogen and oxygen atoms in total. The number of aliphatic imine (C=N–C) groups is 1. The molecule has 1 unspecified atom stereocenters. The van der Waals surface area contributed by atoms with Crippen molar-refractivity contribution < 1.29 is 14.3 Å². The zero-order chi connectivity index (χ0) is 19.2. The molecule has 0 spiro atoms. The molecule has 0 fully saturated rings. The van der Waals surface area contributed by atoms with E-state index in [1.165, 1.54) is 5.56 Å². The standard InChI is InChI=1S/C20H33N3O3/c1-5-21-20(22-12-11-19(24)26-16(2)3)23-13-17(4)14-25-15-18-9-7-6-8-10-18/h6-10,16-17H,5,11-15H2,1-4H3,(H2,21,22,23). The lowest BCUT2D eigenvalue weighted by Crippen LogP contribution is -2.39. The lowest BCUT2D eigenvalue weighted by Gasteiger charge is -2.14. The van der Waals surface area contributed by atoms with E-state index in [0.29, 0.717) is 44.6 Å². The van der Waals surface area contributed by atoms with E-state index in [0.717, 1.165) is 6.54 Å². The van der Waals surface area contributed by atoms with Crippen molar-refractivity contribution in [1.82, 2.24) is 10.6 Å². The number of hydrogen-bond donors (Lipinski definition) is 2. The van der Waals surface area contributed by atoms with Crippen molar-refractivity contribution >= 4 is 11.9 Å². The molecule has 0 amide bonds. The topological polar surface area (TPSA) is 72.0 Å². The first-order chi connectivity index (χ1) is 12.5. The van der Waals surface area contributed by atoms with Gasteiger partial charge in [0.1, 0.15) is 0 Å². The molecular weight excluding hydrogens is 330 g/mol. The predicted octanol–water partition coefficient (Wildman–Crippen LogP) is 2.74. The Balaban J connectivity index is 2.29. The third kappa shape index (κ3) is 10.7. The Hall–Kier alpha value is -2.08. The van der Waals surface area contributed by atoms with Crippen molar-refractivity contribution in [1.29, 1.82) is 0 Å². The van der Waals surface area contributed by atoms with E-state index in [-0.39, 0.29) is 12.1 Å². The third-order valence-corrected chi connectivity index (χ3v) is 3.41. The van der Waals surface area contributed by atoms with Crippen LogP contribution in [0.15, 0.2) is 35.3 Å². The van der Waals surface area contributed by atoms with Gasteiger partial charge in [0.25, 0.3) is 0 Å². The maximum Gasteiger partial charge on any atom is 0.307 e. The highest BCUT2D eigenvalue weighted by atomic mass is 16.5. The molecule has 0 radical (unpaired) electrons. The molecule has 6 heteroatoms. The van der Waals surface area contributed by atoms with E-state index in [2.05, 4.69) is 34.7 Å². The maximum absolute atomic E-state index is 11.6. The molecule has 1 atom stereocenters. The van der Waals surface area contributed by atoms with E-state index in [1.54, 1.807) is 0 Å². The van der Waals surface area contributed by atoms with Gasteiger partial charge >= 0.3 is 5.97 Å². The molecule has 0 aliphatic heterocycles. The number of benzene rings is 1. The van der Waals surface area contributed by atoms with Gasteiger partial charge < -0.3 is 20.1 Å². The lowest BCUT2D eigenvalue weighted by molar-refractivity contribution is -0.147. The number of hydrogen-bond acceptors (Lipinski definition) is 4. The smallest absolute Gasteiger partial charge is 0.307 e. The summed E-state index contributed by atoms with van der Waals surface area (Å²) in [6.45, 7) is 11.0. The van der Waals surface area contributed by atoms with Crippen molar-refractivity contribution in [3.63, 3.8) is 0 Å². The van der Waals surface area contributed by atoms with Gasteiger partial charge in [-0.1, -0.05) is 37.3 Å². The zero-order valence-corrected chi connectivity index (χ0v) is 16.5. The van der Waals surface area contributed by atoms with Crippen molar-refractivity contribution in [2.45, 2.75) is 46.8 Å². The summed E-state index contributed by atoms with van der Waals surface area (Å²) < 4.78 is 10.9. The monoisotopic (exact) mass is 363 g/mol. The van der Waals surface area contributed by atoms with Gasteiger partial charge in [0.05, 0.1) is 25.7 Å². The summed E-state index contributed by atoms with van der Waals surface area (Å²) in [5.74, 6) is 0.811. The zero-order valence-electron chi connectivity index (χ0n) is 16.5. The number of guanidine groups is 1. The fraction of sp³-hybridized carbons (Fsp3) is 0.600. The molecule has 1 rings (SSSR count). The van der Waals surface area contributed by atoms with Crippen LogP contribution in [-0.2, 0) is 20.9 Å². The van der Waals surface area contributed by atoms with Crippen LogP contribution in [0.3, 0.4) is 0 Å². The number of ether oxygens (including phenoxy) is 2. The number of carbonyl (C=O) groups is 1. The summed E-state index contributed by atoms with van der Waals surface area (Å²) in [5, 5.41) is 6.34. The second kappa shape index (κ2) is 13.2. The number of rotatable bonds is 11. The van der Waals surface area contributed by atoms with Gasteiger partial charge in [0, 0.05) is 19.6 Å². The number of carbonyl (C=O) groups excluding carboxylic acids is 1. The van der Waals surface area contributed by atoms with E-state index < -0.39 is 0 Å². The van der Waals surface area contributed by atoms with Gasteiger partial charge in [-0.25, -0.2) is 0 Å². The van der Waals surface area contributed by atoms with Crippen LogP contribution in [0.1, 0.15) is 39.7 Å². The Bertz CT molecular complexity index is 532. The summed E-state index contributed by atoms with van der Waals surface area (Å²) >= 11 is 0. The SMILES string of the molecule is CCNC(=NCC(C)COCc1ccccc1)NCCC(=O)OC(C)C. The predicted molar refractivity (Wildman–Crippen MR) is 105 cm³/mol. The normalized spacial score (nSPS) is 12.7. The first-order valence-electron chi connectivity index (χ1n) is 9.34. The van der Waals surface area contributed by atoms with Gasteiger partial charge in [-0.3, -0.25) is 9.79 Å². The van der Waals surface area contributed by atoms with Gasteiger partial charge in [-0.05, 0) is 32.3 Å². The van der Waals surface area contributed by atoms with Crippen LogP contribution in [0.2, 0.25) is 0 Å². The first kappa shape index (κ1) is 22.0. The highest BCUT2D eigenvalue weighted by molar-refractivity contribution is 5.80. The van der Waals surface area contributed by atoms with Gasteiger partial charge in [0.2, 0.25) is 0 Å². The van der Waals surface area contributed by atoms with Crippen LogP contribution in [-0.4, -0.2) is 44.3 Å². The molecule has 0 saturated carbocycles. The van der Waals surface area contributed by atoms with Crippen molar-refractivity contribution in [2.75, 3.05) is 26.2 Å². The molecular formula is C20H33N3O3. The minimum Gasteiger partial charge on any atom is -0.463 e. The van der Waals surface area contributed by atoms with Crippen LogP contribution >= 0.6 is 0 Å². The Morgan fingerprint density at radius 3 is 2.54 bits per heavy atom. The molecule has 0 aromatic heterocycles. The summed E-state index contributed by atoms with van der Waals surface area (Å²) in [5.41, 5.74) is 1.17. The summed E-state index contributed by atoms with van der Waals surface area (Å²) in [6.07, 6.45) is 0.236. The number of esters is 1. The van der Waals surface area contributed by atoms with Crippen molar-refractivity contribution in [2.24, 2.45) is 10.9 Å². The largest absolute Gasteiger partial charge is 0.463 e. The molecule has 1 aromatic carbocycles. The minimum atomic E-state index is -0.203. The number of nitrogens with one attached hydrogen (secondary N) is 2. The average Bonchev–Trinajstić information content (AvgIpc) is 2.60. The molecule has 0 saturated heterocycles. The average molecular weight is 364 g/mol. The van der Waals surface area contributed by atoms with E-state index in [4.69, 9.17) is 9.47 Å². The quantitative estimate of drug-likeness (QED) is 0.359. The maximum atomic E-state index is 11.6. The van der Waals surface area contributed by atoms with E-state index >= 15 is 0 Å². The van der Waals surface area contributed by atoms with Gasteiger partial charge in [-0.2, -0.15) is 0 Å². The van der Waals surface area contributed by atoms with Crippen LogP contribution in [0.25, 0.3) is 0 Å². The fourth-order valence-corrected chi connectivity index (χ4v) is 2.20. The van der Waals surface area contributed by atoms with E-state index in [1.807, 2.05) is 39.0 Å². The second-order valence-corrected chi connectivity index (χ2v) is 6.54. The van der Waals surface area contributed by atoms with Gasteiger partial charge in [-0.15, -0.1) is 0 Å². The Morgan fingerprint density at radius 1 is 1.15 bits per heavy atom. The summed E-state index contributed by atoms with van der Waals surface area (Å²) in [4.78, 5) is 16.1. The minimum absolute atomic E-state index is 0.0823. The Kier molecular flexibility index (Phi) is 11.1. The molecule has 0 aliphatic rings. The van der Waals surface area contributed by atoms with Crippen molar-refractivity contribution in [3.05, 3.63) is 35.9 Å². The molecule has 1 aromatic rings. The van der Waals surface area contributed by atoms with E-state index in [9.17, 15) is 4.79 Å². The van der Waals surface area contributed by atoms with Crippen LogP contribution in [0.4, 0.5) is 0 Å². The van der Waals surface area contributed by atoms with Gasteiger partial charge in [0.15, 0.2) is 5.96 Å². The highest BCUT2D eigenvalue weighted by Gasteiger charge is 2.07. The van der Waals surface area contributed by atoms with Crippen LogP contribution in [0.5, 0.6) is 0 Å². The van der Waals surface area contributed by atoms with Crippen LogP contribution < -0.4 is 10.6 Å². The van der Waals surface area contributed by atoms with Crippen LogP contribution in [0, 0.1) is 5.92 Å².